The number of aromatic hydroxyl groups is 3. The molecule has 59 heavy (non-hydrogen) atoms. The van der Waals surface area contributed by atoms with E-state index in [-0.39, 0.29) is 47.3 Å². The first-order valence-electron chi connectivity index (χ1n) is 19.8. The van der Waals surface area contributed by atoms with Gasteiger partial charge in [0.05, 0.1) is 35.0 Å². The summed E-state index contributed by atoms with van der Waals surface area (Å²) in [4.78, 5) is 66.6. The van der Waals surface area contributed by atoms with E-state index in [1.54, 1.807) is 20.8 Å². The highest BCUT2D eigenvalue weighted by atomic mass is 16.7. The van der Waals surface area contributed by atoms with Crippen molar-refractivity contribution in [1.29, 1.82) is 0 Å². The molecule has 17 nitrogen and oxygen atoms in total. The Morgan fingerprint density at radius 1 is 0.814 bits per heavy atom. The molecule has 0 aromatic heterocycles. The van der Waals surface area contributed by atoms with E-state index in [4.69, 9.17) is 33.2 Å². The molecule has 7 rings (SSSR count). The number of phenolic OH excluding ortho intramolecular Hbond substituents is 3. The van der Waals surface area contributed by atoms with Crippen molar-refractivity contribution in [2.45, 2.75) is 146 Å². The normalized spacial score (nSPS) is 34.5. The zero-order valence-electron chi connectivity index (χ0n) is 34.0. The number of ketones is 4. The minimum atomic E-state index is -2.09. The van der Waals surface area contributed by atoms with Gasteiger partial charge in [-0.15, -0.1) is 0 Å². The van der Waals surface area contributed by atoms with Gasteiger partial charge in [-0.1, -0.05) is 12.1 Å². The fourth-order valence-corrected chi connectivity index (χ4v) is 9.04. The number of nitrogens with zero attached hydrogens (tertiary/aromatic N) is 1. The number of hydrogen-bond acceptors (Lipinski definition) is 17. The minimum Gasteiger partial charge on any atom is -0.507 e. The number of carbonyl (C=O) groups excluding carboxylic acids is 5. The molecule has 320 valence electrons. The van der Waals surface area contributed by atoms with Crippen LogP contribution in [0, 0.1) is 0 Å². The number of rotatable bonds is 9. The Hall–Kier alpha value is -4.33. The molecule has 0 saturated carbocycles. The van der Waals surface area contributed by atoms with Crippen LogP contribution in [0.3, 0.4) is 0 Å². The van der Waals surface area contributed by atoms with Gasteiger partial charge < -0.3 is 58.5 Å². The van der Waals surface area contributed by atoms with E-state index >= 15 is 0 Å². The lowest BCUT2D eigenvalue weighted by atomic mass is 9.72. The summed E-state index contributed by atoms with van der Waals surface area (Å²) >= 11 is 0. The van der Waals surface area contributed by atoms with Crippen molar-refractivity contribution in [3.63, 3.8) is 0 Å². The van der Waals surface area contributed by atoms with Gasteiger partial charge in [-0.05, 0) is 47.9 Å². The maximum Gasteiger partial charge on any atom is 0.302 e. The van der Waals surface area contributed by atoms with E-state index in [0.29, 0.717) is 12.8 Å². The number of carbonyl (C=O) groups is 5. The summed E-state index contributed by atoms with van der Waals surface area (Å²) in [6.45, 7) is 7.66. The lowest BCUT2D eigenvalue weighted by Gasteiger charge is -2.47. The number of ether oxygens (including phenoxy) is 7. The SMILES string of the molecule is CC(=O)OC1CC(OC2C(C)OC(OC3CC(O)(C(C)=O)Cc4c(O)c5c(c(O)c43)C(=O)c3c(O)cccc3C5=O)CC2N(C)C)OC(C)C1OC1CCC(=O)C(C)O1. The first-order chi connectivity index (χ1) is 27.8. The highest BCUT2D eigenvalue weighted by molar-refractivity contribution is 6.31. The van der Waals surface area contributed by atoms with Crippen LogP contribution in [0.25, 0.3) is 0 Å². The maximum atomic E-state index is 13.8. The van der Waals surface area contributed by atoms with Crippen molar-refractivity contribution < 1.29 is 77.6 Å². The van der Waals surface area contributed by atoms with Gasteiger partial charge in [0.2, 0.25) is 5.78 Å². The molecular weight excluding hydrogens is 774 g/mol. The summed E-state index contributed by atoms with van der Waals surface area (Å²) in [7, 11) is 3.66. The minimum absolute atomic E-state index is 0.0191. The van der Waals surface area contributed by atoms with E-state index in [0.717, 1.165) is 0 Å². The molecule has 12 atom stereocenters. The van der Waals surface area contributed by atoms with Crippen LogP contribution in [-0.2, 0) is 54.0 Å². The van der Waals surface area contributed by atoms with Crippen molar-refractivity contribution in [3.8, 4) is 17.2 Å². The number of aliphatic hydroxyl groups is 1. The quantitative estimate of drug-likeness (QED) is 0.179. The Balaban J connectivity index is 1.13. The molecule has 12 unspecified atom stereocenters. The number of Topliss-reactive ketones (excluding diaryl/α,β-unsaturated/α-hetero) is 2. The number of hydrogen-bond donors (Lipinski definition) is 4. The van der Waals surface area contributed by atoms with Gasteiger partial charge in [0.25, 0.3) is 0 Å². The zero-order valence-corrected chi connectivity index (χ0v) is 34.0. The summed E-state index contributed by atoms with van der Waals surface area (Å²) < 4.78 is 43.4. The van der Waals surface area contributed by atoms with E-state index in [2.05, 4.69) is 0 Å². The van der Waals surface area contributed by atoms with Gasteiger partial charge in [-0.3, -0.25) is 24.0 Å². The van der Waals surface area contributed by atoms with E-state index < -0.39 is 131 Å². The molecule has 0 bridgehead atoms. The third-order valence-corrected chi connectivity index (χ3v) is 12.1. The third kappa shape index (κ3) is 7.90. The molecule has 0 spiro atoms. The van der Waals surface area contributed by atoms with Crippen LogP contribution in [0.1, 0.15) is 116 Å². The average Bonchev–Trinajstić information content (AvgIpc) is 3.15. The molecule has 2 aliphatic carbocycles. The average molecular weight is 826 g/mol. The van der Waals surface area contributed by atoms with Crippen LogP contribution in [0.4, 0.5) is 0 Å². The van der Waals surface area contributed by atoms with Crippen LogP contribution in [0.2, 0.25) is 0 Å². The standard InChI is InChI=1S/C42H51NO16/c1-17-25(46)11-12-29(53-17)58-41-19(3)55-31(14-27(41)56-21(5)45)59-40-18(2)54-30(13-24(40)43(6)7)57-28-16-42(52,20(4)44)15-23-33(28)39(51)35-34(37(23)49)36(48)22-9-8-10-26(47)32(22)38(35)50/h8-10,17-19,24,27-31,40-41,47,49,51-52H,11-16H2,1-7H3. The van der Waals surface area contributed by atoms with E-state index in [9.17, 15) is 44.4 Å². The van der Waals surface area contributed by atoms with Crippen molar-refractivity contribution in [3.05, 3.63) is 51.6 Å². The Morgan fingerprint density at radius 3 is 2.10 bits per heavy atom. The first kappa shape index (κ1) is 42.8. The summed E-state index contributed by atoms with van der Waals surface area (Å²) in [6.07, 6.45) is -7.95. The maximum absolute atomic E-state index is 13.8. The van der Waals surface area contributed by atoms with Crippen molar-refractivity contribution in [2.75, 3.05) is 14.1 Å². The molecule has 3 heterocycles. The second kappa shape index (κ2) is 16.3. The number of esters is 1. The molecule has 0 amide bonds. The molecule has 5 aliphatic rings. The summed E-state index contributed by atoms with van der Waals surface area (Å²) in [6, 6.07) is 3.51. The third-order valence-electron chi connectivity index (χ3n) is 12.1. The Morgan fingerprint density at radius 2 is 1.46 bits per heavy atom. The number of fused-ring (bicyclic) bond motifs is 3. The van der Waals surface area contributed by atoms with Gasteiger partial charge in [-0.25, -0.2) is 0 Å². The predicted molar refractivity (Wildman–Crippen MR) is 202 cm³/mol. The Bertz CT molecular complexity index is 2050. The van der Waals surface area contributed by atoms with Crippen LogP contribution in [-0.4, -0.2) is 136 Å². The molecule has 2 aromatic rings. The van der Waals surface area contributed by atoms with Gasteiger partial charge in [0.1, 0.15) is 47.3 Å². The molecular formula is C42H51NO16. The molecule has 17 heteroatoms. The molecule has 4 N–H and O–H groups in total. The van der Waals surface area contributed by atoms with Crippen LogP contribution in [0.5, 0.6) is 17.2 Å². The molecule has 3 saturated heterocycles. The number of likely N-dealkylation sites (N-methyl/N-ethyl adjacent to an activating group) is 1. The van der Waals surface area contributed by atoms with Crippen molar-refractivity contribution >= 4 is 29.1 Å². The predicted octanol–water partition coefficient (Wildman–Crippen LogP) is 2.90. The largest absolute Gasteiger partial charge is 0.507 e. The van der Waals surface area contributed by atoms with Gasteiger partial charge >= 0.3 is 5.97 Å². The molecule has 2 aromatic carbocycles. The van der Waals surface area contributed by atoms with E-state index in [1.807, 2.05) is 19.0 Å². The molecule has 0 radical (unpaired) electrons. The topological polar surface area (TPSA) is 234 Å². The van der Waals surface area contributed by atoms with E-state index in [1.165, 1.54) is 32.0 Å². The fourth-order valence-electron chi connectivity index (χ4n) is 9.04. The summed E-state index contributed by atoms with van der Waals surface area (Å²) in [5.74, 6) is -4.78. The molecule has 3 fully saturated rings. The van der Waals surface area contributed by atoms with Crippen molar-refractivity contribution in [2.24, 2.45) is 0 Å². The summed E-state index contributed by atoms with van der Waals surface area (Å²) in [5, 5.41) is 45.6. The second-order valence-corrected chi connectivity index (χ2v) is 16.4. The number of benzene rings is 2. The lowest BCUT2D eigenvalue weighted by molar-refractivity contribution is -0.325. The smallest absolute Gasteiger partial charge is 0.302 e. The van der Waals surface area contributed by atoms with Crippen LogP contribution < -0.4 is 0 Å². The summed E-state index contributed by atoms with van der Waals surface area (Å²) in [5.41, 5.74) is -3.87. The highest BCUT2D eigenvalue weighted by Crippen LogP contribution is 2.52. The zero-order chi connectivity index (χ0) is 42.8. The van der Waals surface area contributed by atoms with Crippen molar-refractivity contribution in [1.82, 2.24) is 4.90 Å². The van der Waals surface area contributed by atoms with Gasteiger partial charge in [0, 0.05) is 68.2 Å². The van der Waals surface area contributed by atoms with Gasteiger partial charge in [-0.2, -0.15) is 0 Å². The van der Waals surface area contributed by atoms with Gasteiger partial charge in [0.15, 0.2) is 36.2 Å². The lowest BCUT2D eigenvalue weighted by Crippen LogP contribution is -2.58. The first-order valence-corrected chi connectivity index (χ1v) is 19.8. The Labute approximate surface area is 340 Å². The second-order valence-electron chi connectivity index (χ2n) is 16.4. The Kier molecular flexibility index (Phi) is 11.8. The number of phenols is 3. The van der Waals surface area contributed by atoms with Crippen LogP contribution in [0.15, 0.2) is 18.2 Å². The molecule has 3 aliphatic heterocycles. The fraction of sp³-hybridized carbons (Fsp3) is 0.595. The monoisotopic (exact) mass is 825 g/mol. The highest BCUT2D eigenvalue weighted by Gasteiger charge is 2.51. The van der Waals surface area contributed by atoms with Crippen LogP contribution >= 0.6 is 0 Å².